The van der Waals surface area contributed by atoms with Gasteiger partial charge in [-0.1, -0.05) is 36.8 Å². The molecule has 1 heterocycles. The van der Waals surface area contributed by atoms with Gasteiger partial charge in [0.05, 0.1) is 13.6 Å². The van der Waals surface area contributed by atoms with Crippen LogP contribution in [0.15, 0.2) is 37.9 Å². The highest BCUT2D eigenvalue weighted by molar-refractivity contribution is 9.12. The monoisotopic (exact) mass is 387 g/mol. The van der Waals surface area contributed by atoms with E-state index in [1.54, 1.807) is 11.3 Å². The minimum atomic E-state index is 0.243. The molecule has 0 aliphatic heterocycles. The van der Waals surface area contributed by atoms with Gasteiger partial charge < -0.3 is 5.32 Å². The third-order valence-corrected chi connectivity index (χ3v) is 5.20. The maximum Gasteiger partial charge on any atom is 0.0761 e. The first-order valence-corrected chi connectivity index (χ1v) is 8.26. The van der Waals surface area contributed by atoms with Crippen LogP contribution in [0.3, 0.4) is 0 Å². The van der Waals surface area contributed by atoms with Crippen LogP contribution in [0.25, 0.3) is 0 Å². The van der Waals surface area contributed by atoms with Crippen molar-refractivity contribution in [1.29, 1.82) is 0 Å². The molecule has 0 aliphatic rings. The van der Waals surface area contributed by atoms with E-state index >= 15 is 0 Å². The van der Waals surface area contributed by atoms with Gasteiger partial charge in [-0.05, 0) is 62.5 Å². The zero-order valence-electron chi connectivity index (χ0n) is 10.3. The minimum absolute atomic E-state index is 0.243. The summed E-state index contributed by atoms with van der Waals surface area (Å²) in [6.45, 7) is 5.19. The van der Waals surface area contributed by atoms with Crippen LogP contribution in [0.1, 0.15) is 29.7 Å². The number of hydrogen-bond donors (Lipinski definition) is 1. The van der Waals surface area contributed by atoms with Crippen molar-refractivity contribution < 1.29 is 0 Å². The SMILES string of the molecule is CCNC(c1ccc(C)cc1)c1cc(Br)sc1Br. The van der Waals surface area contributed by atoms with E-state index in [1.807, 2.05) is 0 Å². The topological polar surface area (TPSA) is 12.0 Å². The van der Waals surface area contributed by atoms with E-state index in [2.05, 4.69) is 81.4 Å². The number of rotatable bonds is 4. The molecule has 1 aromatic heterocycles. The molecule has 2 rings (SSSR count). The van der Waals surface area contributed by atoms with Gasteiger partial charge in [0.25, 0.3) is 0 Å². The summed E-state index contributed by atoms with van der Waals surface area (Å²) in [6, 6.07) is 11.1. The Bertz CT molecular complexity index is 519. The number of aryl methyl sites for hydroxylation is 1. The van der Waals surface area contributed by atoms with Crippen LogP contribution in [0.2, 0.25) is 0 Å². The fourth-order valence-electron chi connectivity index (χ4n) is 1.92. The van der Waals surface area contributed by atoms with Crippen LogP contribution in [-0.4, -0.2) is 6.54 Å². The van der Waals surface area contributed by atoms with Gasteiger partial charge in [-0.2, -0.15) is 0 Å². The van der Waals surface area contributed by atoms with Crippen molar-refractivity contribution in [3.05, 3.63) is 54.6 Å². The Morgan fingerprint density at radius 2 is 1.89 bits per heavy atom. The van der Waals surface area contributed by atoms with Crippen LogP contribution >= 0.6 is 43.2 Å². The van der Waals surface area contributed by atoms with Gasteiger partial charge in [0.2, 0.25) is 0 Å². The average Bonchev–Trinajstić information content (AvgIpc) is 2.67. The Morgan fingerprint density at radius 3 is 2.39 bits per heavy atom. The van der Waals surface area contributed by atoms with Gasteiger partial charge in [-0.25, -0.2) is 0 Å². The lowest BCUT2D eigenvalue weighted by Crippen LogP contribution is -2.21. The highest BCUT2D eigenvalue weighted by Gasteiger charge is 2.18. The molecule has 96 valence electrons. The third-order valence-electron chi connectivity index (χ3n) is 2.81. The molecule has 18 heavy (non-hydrogen) atoms. The summed E-state index contributed by atoms with van der Waals surface area (Å²) in [5.41, 5.74) is 3.88. The molecule has 0 saturated carbocycles. The van der Waals surface area contributed by atoms with Crippen molar-refractivity contribution in [3.8, 4) is 0 Å². The lowest BCUT2D eigenvalue weighted by atomic mass is 10.0. The Labute approximate surface area is 129 Å². The predicted molar refractivity (Wildman–Crippen MR) is 86.4 cm³/mol. The van der Waals surface area contributed by atoms with Gasteiger partial charge >= 0.3 is 0 Å². The summed E-state index contributed by atoms with van der Waals surface area (Å²) in [4.78, 5) is 0. The summed E-state index contributed by atoms with van der Waals surface area (Å²) < 4.78 is 2.33. The van der Waals surface area contributed by atoms with Crippen LogP contribution in [-0.2, 0) is 0 Å². The number of benzene rings is 1. The highest BCUT2D eigenvalue weighted by atomic mass is 79.9. The van der Waals surface area contributed by atoms with Gasteiger partial charge in [0.1, 0.15) is 0 Å². The van der Waals surface area contributed by atoms with Crippen LogP contribution in [0, 0.1) is 6.92 Å². The molecule has 1 N–H and O–H groups in total. The van der Waals surface area contributed by atoms with E-state index in [4.69, 9.17) is 0 Å². The molecule has 0 fully saturated rings. The molecule has 0 bridgehead atoms. The molecular weight excluding hydrogens is 374 g/mol. The molecule has 1 atom stereocenters. The summed E-state index contributed by atoms with van der Waals surface area (Å²) in [5.74, 6) is 0. The number of thiophene rings is 1. The van der Waals surface area contributed by atoms with Crippen LogP contribution in [0.4, 0.5) is 0 Å². The zero-order chi connectivity index (χ0) is 13.1. The minimum Gasteiger partial charge on any atom is -0.306 e. The van der Waals surface area contributed by atoms with Crippen molar-refractivity contribution in [2.24, 2.45) is 0 Å². The van der Waals surface area contributed by atoms with Crippen molar-refractivity contribution >= 4 is 43.2 Å². The Kier molecular flexibility index (Phi) is 5.01. The second kappa shape index (κ2) is 6.33. The van der Waals surface area contributed by atoms with Gasteiger partial charge in [-0.15, -0.1) is 11.3 Å². The predicted octanol–water partition coefficient (Wildman–Crippen LogP) is 5.28. The molecule has 1 nitrogen and oxygen atoms in total. The van der Waals surface area contributed by atoms with Gasteiger partial charge in [-0.3, -0.25) is 0 Å². The molecule has 4 heteroatoms. The first-order valence-electron chi connectivity index (χ1n) is 5.86. The first-order chi connectivity index (χ1) is 8.61. The number of nitrogens with one attached hydrogen (secondary N) is 1. The van der Waals surface area contributed by atoms with Gasteiger partial charge in [0, 0.05) is 0 Å². The largest absolute Gasteiger partial charge is 0.306 e. The third kappa shape index (κ3) is 3.23. The summed E-state index contributed by atoms with van der Waals surface area (Å²) >= 11 is 8.91. The molecule has 0 aliphatic carbocycles. The first kappa shape index (κ1) is 14.3. The van der Waals surface area contributed by atoms with Crippen molar-refractivity contribution in [1.82, 2.24) is 5.32 Å². The molecule has 0 saturated heterocycles. The second-order valence-corrected chi connectivity index (χ2v) is 7.93. The lowest BCUT2D eigenvalue weighted by Gasteiger charge is -2.18. The van der Waals surface area contributed by atoms with Crippen LogP contribution < -0.4 is 5.32 Å². The molecular formula is C14H15Br2NS. The standard InChI is InChI=1S/C14H15Br2NS/c1-3-17-13(10-6-4-9(2)5-7-10)11-8-12(15)18-14(11)16/h4-8,13,17H,3H2,1-2H3. The van der Waals surface area contributed by atoms with Crippen LogP contribution in [0.5, 0.6) is 0 Å². The van der Waals surface area contributed by atoms with E-state index in [0.717, 1.165) is 10.3 Å². The Balaban J connectivity index is 2.39. The summed E-state index contributed by atoms with van der Waals surface area (Å²) in [5, 5.41) is 3.54. The van der Waals surface area contributed by atoms with Crippen molar-refractivity contribution in [2.45, 2.75) is 19.9 Å². The summed E-state index contributed by atoms with van der Waals surface area (Å²) in [7, 11) is 0. The Hall–Kier alpha value is -0.160. The molecule has 0 spiro atoms. The number of hydrogen-bond acceptors (Lipinski definition) is 2. The van der Waals surface area contributed by atoms with E-state index in [1.165, 1.54) is 20.5 Å². The average molecular weight is 389 g/mol. The molecule has 0 radical (unpaired) electrons. The van der Waals surface area contributed by atoms with Crippen molar-refractivity contribution in [2.75, 3.05) is 6.54 Å². The highest BCUT2D eigenvalue weighted by Crippen LogP contribution is 2.37. The molecule has 0 amide bonds. The molecule has 1 unspecified atom stereocenters. The summed E-state index contributed by atoms with van der Waals surface area (Å²) in [6.07, 6.45) is 0. The fraction of sp³-hybridized carbons (Fsp3) is 0.286. The zero-order valence-corrected chi connectivity index (χ0v) is 14.3. The molecule has 2 aromatic rings. The maximum absolute atomic E-state index is 3.65. The van der Waals surface area contributed by atoms with Gasteiger partial charge in [0.15, 0.2) is 0 Å². The second-order valence-electron chi connectivity index (χ2n) is 4.18. The fourth-order valence-corrected chi connectivity index (χ4v) is 4.82. The van der Waals surface area contributed by atoms with E-state index in [9.17, 15) is 0 Å². The quantitative estimate of drug-likeness (QED) is 0.751. The Morgan fingerprint density at radius 1 is 1.22 bits per heavy atom. The van der Waals surface area contributed by atoms with E-state index in [-0.39, 0.29) is 6.04 Å². The normalized spacial score (nSPS) is 12.7. The lowest BCUT2D eigenvalue weighted by molar-refractivity contribution is 0.630. The van der Waals surface area contributed by atoms with E-state index < -0.39 is 0 Å². The molecule has 1 aromatic carbocycles. The van der Waals surface area contributed by atoms with E-state index in [0.29, 0.717) is 0 Å². The maximum atomic E-state index is 3.65. The van der Waals surface area contributed by atoms with Crippen molar-refractivity contribution in [3.63, 3.8) is 0 Å². The smallest absolute Gasteiger partial charge is 0.0761 e. The number of halogens is 2.